The van der Waals surface area contributed by atoms with Crippen molar-refractivity contribution in [1.82, 2.24) is 14.5 Å². The lowest BCUT2D eigenvalue weighted by atomic mass is 10.0. The van der Waals surface area contributed by atoms with Crippen molar-refractivity contribution in [2.75, 3.05) is 5.32 Å². The predicted molar refractivity (Wildman–Crippen MR) is 80.0 cm³/mol. The lowest BCUT2D eigenvalue weighted by Gasteiger charge is -2.15. The Morgan fingerprint density at radius 2 is 2.17 bits per heavy atom. The second-order valence-corrected chi connectivity index (χ2v) is 5.33. The van der Waals surface area contributed by atoms with Crippen LogP contribution in [0.2, 0.25) is 0 Å². The molecule has 1 aromatic carbocycles. The third-order valence-electron chi connectivity index (χ3n) is 3.93. The summed E-state index contributed by atoms with van der Waals surface area (Å²) in [4.78, 5) is 19.9. The van der Waals surface area contributed by atoms with Gasteiger partial charge in [0.15, 0.2) is 11.6 Å². The average molecular weight is 314 g/mol. The molecule has 23 heavy (non-hydrogen) atoms. The first-order valence-electron chi connectivity index (χ1n) is 7.11. The van der Waals surface area contributed by atoms with Gasteiger partial charge in [-0.3, -0.25) is 4.79 Å². The molecule has 1 amide bonds. The maximum atomic E-state index is 13.3. The van der Waals surface area contributed by atoms with Gasteiger partial charge in [-0.15, -0.1) is 0 Å². The molecule has 1 aliphatic heterocycles. The monoisotopic (exact) mass is 314 g/mol. The van der Waals surface area contributed by atoms with Crippen LogP contribution in [0.5, 0.6) is 0 Å². The summed E-state index contributed by atoms with van der Waals surface area (Å²) in [6.45, 7) is 0.799. The van der Waals surface area contributed by atoms with E-state index in [0.29, 0.717) is 5.56 Å². The van der Waals surface area contributed by atoms with Gasteiger partial charge in [-0.25, -0.2) is 13.8 Å². The number of carbonyl (C=O) groups is 1. The summed E-state index contributed by atoms with van der Waals surface area (Å²) in [6.07, 6.45) is 5.94. The van der Waals surface area contributed by atoms with E-state index in [2.05, 4.69) is 15.3 Å². The summed E-state index contributed by atoms with van der Waals surface area (Å²) < 4.78 is 28.2. The number of hydrogen-bond donors (Lipinski definition) is 2. The molecule has 116 valence electrons. The number of aromatic amines is 1. The fourth-order valence-corrected chi connectivity index (χ4v) is 2.82. The molecule has 0 saturated carbocycles. The number of nitrogens with one attached hydrogen (secondary N) is 2. The predicted octanol–water partition coefficient (Wildman–Crippen LogP) is 2.96. The van der Waals surface area contributed by atoms with Crippen molar-refractivity contribution in [2.24, 2.45) is 0 Å². The summed E-state index contributed by atoms with van der Waals surface area (Å²) in [7, 11) is 0. The second kappa shape index (κ2) is 5.05. The van der Waals surface area contributed by atoms with E-state index in [1.54, 1.807) is 12.4 Å². The topological polar surface area (TPSA) is 62.7 Å². The fourth-order valence-electron chi connectivity index (χ4n) is 2.82. The number of nitrogens with zero attached hydrogens (tertiary/aromatic N) is 2. The van der Waals surface area contributed by atoms with Crippen molar-refractivity contribution in [3.05, 3.63) is 59.7 Å². The SMILES string of the molecule is O=C(Nc1ccc(F)c(F)c1)c1c[nH]c2c1-c1nccn1CC2. The molecular formula is C16H12F2N4O. The Morgan fingerprint density at radius 3 is 3.00 bits per heavy atom. The molecule has 1 aliphatic rings. The van der Waals surface area contributed by atoms with E-state index >= 15 is 0 Å². The van der Waals surface area contributed by atoms with E-state index in [4.69, 9.17) is 0 Å². The molecule has 0 atom stereocenters. The summed E-state index contributed by atoms with van der Waals surface area (Å²) in [5, 5.41) is 2.58. The normalized spacial score (nSPS) is 12.6. The molecule has 3 heterocycles. The zero-order valence-electron chi connectivity index (χ0n) is 11.9. The molecule has 0 aliphatic carbocycles. The average Bonchev–Trinajstić information content (AvgIpc) is 3.16. The number of fused-ring (bicyclic) bond motifs is 3. The van der Waals surface area contributed by atoms with E-state index in [1.165, 1.54) is 6.07 Å². The molecular weight excluding hydrogens is 302 g/mol. The van der Waals surface area contributed by atoms with Crippen LogP contribution in [-0.2, 0) is 13.0 Å². The van der Waals surface area contributed by atoms with Crippen LogP contribution in [0.25, 0.3) is 11.4 Å². The number of H-pyrrole nitrogens is 1. The number of hydrogen-bond acceptors (Lipinski definition) is 2. The molecule has 5 nitrogen and oxygen atoms in total. The Bertz CT molecular complexity index is 913. The van der Waals surface area contributed by atoms with Crippen molar-refractivity contribution in [3.8, 4) is 11.4 Å². The third-order valence-corrected chi connectivity index (χ3v) is 3.93. The number of aromatic nitrogens is 3. The maximum absolute atomic E-state index is 13.3. The van der Waals surface area contributed by atoms with E-state index < -0.39 is 17.5 Å². The molecule has 4 rings (SSSR count). The largest absolute Gasteiger partial charge is 0.364 e. The molecule has 0 fully saturated rings. The summed E-state index contributed by atoms with van der Waals surface area (Å²) in [5.41, 5.74) is 2.32. The first kappa shape index (κ1) is 13.7. The van der Waals surface area contributed by atoms with Crippen molar-refractivity contribution in [1.29, 1.82) is 0 Å². The maximum Gasteiger partial charge on any atom is 0.257 e. The number of amides is 1. The number of carbonyl (C=O) groups excluding carboxylic acids is 1. The van der Waals surface area contributed by atoms with Crippen LogP contribution in [0.4, 0.5) is 14.5 Å². The van der Waals surface area contributed by atoms with Crippen molar-refractivity contribution in [2.45, 2.75) is 13.0 Å². The van der Waals surface area contributed by atoms with Crippen molar-refractivity contribution in [3.63, 3.8) is 0 Å². The Kier molecular flexibility index (Phi) is 3.00. The lowest BCUT2D eigenvalue weighted by molar-refractivity contribution is 0.102. The van der Waals surface area contributed by atoms with Gasteiger partial charge in [-0.05, 0) is 12.1 Å². The zero-order valence-corrected chi connectivity index (χ0v) is 11.9. The summed E-state index contributed by atoms with van der Waals surface area (Å²) >= 11 is 0. The Labute approximate surface area is 130 Å². The van der Waals surface area contributed by atoms with Crippen LogP contribution in [0.3, 0.4) is 0 Å². The standard InChI is InChI=1S/C16H12F2N4O/c17-11-2-1-9(7-12(11)18)21-16(23)10-8-20-13-3-5-22-6-4-19-15(22)14(10)13/h1-2,4,6-8,20H,3,5H2,(H,21,23). The number of anilines is 1. The smallest absolute Gasteiger partial charge is 0.257 e. The third kappa shape index (κ3) is 2.21. The minimum Gasteiger partial charge on any atom is -0.364 e. The van der Waals surface area contributed by atoms with Crippen LogP contribution < -0.4 is 5.32 Å². The summed E-state index contributed by atoms with van der Waals surface area (Å²) in [6, 6.07) is 3.24. The molecule has 2 N–H and O–H groups in total. The molecule has 0 radical (unpaired) electrons. The van der Waals surface area contributed by atoms with E-state index in [1.807, 2.05) is 10.8 Å². The van der Waals surface area contributed by atoms with E-state index in [-0.39, 0.29) is 5.69 Å². The van der Waals surface area contributed by atoms with Gasteiger partial charge in [-0.1, -0.05) is 0 Å². The van der Waals surface area contributed by atoms with Gasteiger partial charge in [0.1, 0.15) is 5.82 Å². The van der Waals surface area contributed by atoms with E-state index in [9.17, 15) is 13.6 Å². The highest BCUT2D eigenvalue weighted by Crippen LogP contribution is 2.31. The Morgan fingerprint density at radius 1 is 1.30 bits per heavy atom. The Balaban J connectivity index is 1.68. The van der Waals surface area contributed by atoms with Gasteiger partial charge in [0.05, 0.1) is 11.1 Å². The molecule has 2 aromatic heterocycles. The van der Waals surface area contributed by atoms with Gasteiger partial charge in [0.25, 0.3) is 5.91 Å². The molecule has 0 spiro atoms. The zero-order chi connectivity index (χ0) is 16.0. The highest BCUT2D eigenvalue weighted by molar-refractivity contribution is 6.08. The minimum absolute atomic E-state index is 0.197. The number of halogens is 2. The van der Waals surface area contributed by atoms with Gasteiger partial charge < -0.3 is 14.9 Å². The number of benzene rings is 1. The molecule has 0 saturated heterocycles. The van der Waals surface area contributed by atoms with Gasteiger partial charge in [-0.2, -0.15) is 0 Å². The lowest BCUT2D eigenvalue weighted by Crippen LogP contribution is -2.16. The van der Waals surface area contributed by atoms with Crippen LogP contribution in [0, 0.1) is 11.6 Å². The fraction of sp³-hybridized carbons (Fsp3) is 0.125. The molecule has 7 heteroatoms. The van der Waals surface area contributed by atoms with Gasteiger partial charge in [0, 0.05) is 49.0 Å². The molecule has 0 unspecified atom stereocenters. The molecule has 0 bridgehead atoms. The van der Waals surface area contributed by atoms with Gasteiger partial charge in [0.2, 0.25) is 0 Å². The van der Waals surface area contributed by atoms with Crippen molar-refractivity contribution >= 4 is 11.6 Å². The van der Waals surface area contributed by atoms with Crippen LogP contribution >= 0.6 is 0 Å². The van der Waals surface area contributed by atoms with Crippen LogP contribution in [0.15, 0.2) is 36.8 Å². The first-order chi connectivity index (χ1) is 11.1. The molecule has 3 aromatic rings. The van der Waals surface area contributed by atoms with E-state index in [0.717, 1.165) is 42.2 Å². The number of imidazole rings is 1. The first-order valence-corrected chi connectivity index (χ1v) is 7.11. The van der Waals surface area contributed by atoms with Gasteiger partial charge >= 0.3 is 0 Å². The van der Waals surface area contributed by atoms with Crippen molar-refractivity contribution < 1.29 is 13.6 Å². The van der Waals surface area contributed by atoms with Crippen LogP contribution in [-0.4, -0.2) is 20.4 Å². The minimum atomic E-state index is -1.01. The second-order valence-electron chi connectivity index (χ2n) is 5.33. The van der Waals surface area contributed by atoms with Crippen LogP contribution in [0.1, 0.15) is 16.1 Å². The number of rotatable bonds is 2. The summed E-state index contributed by atoms with van der Waals surface area (Å²) in [5.74, 6) is -1.63. The quantitative estimate of drug-likeness (QED) is 0.764. The number of aryl methyl sites for hydroxylation is 2. The highest BCUT2D eigenvalue weighted by atomic mass is 19.2. The Hall–Kier alpha value is -2.96. The highest BCUT2D eigenvalue weighted by Gasteiger charge is 2.25.